The number of nitrogens with zero attached hydrogens (tertiary/aromatic N) is 3. The van der Waals surface area contributed by atoms with Crippen LogP contribution in [-0.2, 0) is 22.3 Å². The van der Waals surface area contributed by atoms with Gasteiger partial charge < -0.3 is 9.73 Å². The largest absolute Gasteiger partial charge is 0.449 e. The molecule has 0 atom stereocenters. The maximum Gasteiger partial charge on any atom is 0.287 e. The number of rotatable bonds is 6. The summed E-state index contributed by atoms with van der Waals surface area (Å²) in [6.07, 6.45) is 6.10. The first-order valence-corrected chi connectivity index (χ1v) is 10.8. The molecule has 4 rings (SSSR count). The lowest BCUT2D eigenvalue weighted by molar-refractivity contribution is 0.0169. The average Bonchev–Trinajstić information content (AvgIpc) is 3.22. The number of amides is 1. The summed E-state index contributed by atoms with van der Waals surface area (Å²) in [6, 6.07) is 6.88. The Labute approximate surface area is 181 Å². The number of pyridine rings is 3. The third-order valence-corrected chi connectivity index (χ3v) is 6.32. The molecule has 0 aliphatic carbocycles. The second-order valence-corrected chi connectivity index (χ2v) is 8.94. The Morgan fingerprint density at radius 1 is 1.06 bits per heavy atom. The molecule has 8 nitrogen and oxygen atoms in total. The van der Waals surface area contributed by atoms with Gasteiger partial charge in [-0.2, -0.15) is 0 Å². The molecule has 4 aromatic heterocycles. The van der Waals surface area contributed by atoms with E-state index in [-0.39, 0.29) is 22.1 Å². The summed E-state index contributed by atoms with van der Waals surface area (Å²) in [4.78, 5) is 23.3. The second-order valence-electron chi connectivity index (χ2n) is 6.99. The van der Waals surface area contributed by atoms with E-state index in [0.717, 1.165) is 30.0 Å². The number of halogens is 2. The summed E-state index contributed by atoms with van der Waals surface area (Å²) in [5, 5.41) is 3.37. The molecular weight excluding hydrogens is 442 g/mol. The quantitative estimate of drug-likeness (QED) is 0.470. The first-order chi connectivity index (χ1) is 15.1. The number of alkyl halides is 2. The molecule has 4 aromatic rings. The van der Waals surface area contributed by atoms with Crippen LogP contribution in [-0.4, -0.2) is 29.3 Å². The molecule has 11 heteroatoms. The molecule has 0 saturated carbocycles. The van der Waals surface area contributed by atoms with Crippen LogP contribution in [0.2, 0.25) is 0 Å². The predicted molar refractivity (Wildman–Crippen MR) is 109 cm³/mol. The second kappa shape index (κ2) is 8.08. The van der Waals surface area contributed by atoms with Gasteiger partial charge in [0.05, 0.1) is 28.2 Å². The Balaban J connectivity index is 1.47. The molecule has 0 aliphatic rings. The zero-order valence-electron chi connectivity index (χ0n) is 16.6. The van der Waals surface area contributed by atoms with E-state index in [1.54, 1.807) is 18.3 Å². The molecule has 0 fully saturated rings. The molecule has 0 saturated heterocycles. The SMILES string of the molecule is CC(F)(F)c1cncc(S(=O)(=O)c2ccc(CNC(=O)c3cc4ccncc4o3)nc2)c1. The lowest BCUT2D eigenvalue weighted by atomic mass is 10.2. The Bertz CT molecular complexity index is 1360. The number of aromatic nitrogens is 3. The van der Waals surface area contributed by atoms with Crippen LogP contribution in [0.4, 0.5) is 8.78 Å². The summed E-state index contributed by atoms with van der Waals surface area (Å²) in [5.41, 5.74) is 0.360. The molecule has 164 valence electrons. The van der Waals surface area contributed by atoms with Crippen molar-refractivity contribution < 1.29 is 26.4 Å². The highest BCUT2D eigenvalue weighted by Gasteiger charge is 2.27. The van der Waals surface area contributed by atoms with Crippen LogP contribution in [0.25, 0.3) is 11.0 Å². The van der Waals surface area contributed by atoms with Gasteiger partial charge in [-0.05, 0) is 30.3 Å². The number of hydrogen-bond donors (Lipinski definition) is 1. The Kier molecular flexibility index (Phi) is 5.43. The van der Waals surface area contributed by atoms with Gasteiger partial charge in [0.1, 0.15) is 0 Å². The van der Waals surface area contributed by atoms with Crippen molar-refractivity contribution in [3.05, 3.63) is 78.3 Å². The standard InChI is InChI=1S/C21H16F2N4O4S/c1-21(22,23)14-7-17(10-25-8-14)32(29,30)16-3-2-15(26-11-16)9-27-20(28)18-6-13-4-5-24-12-19(13)31-18/h2-8,10-12H,9H2,1H3,(H,27,28). The molecule has 0 bridgehead atoms. The van der Waals surface area contributed by atoms with Crippen LogP contribution < -0.4 is 5.32 Å². The lowest BCUT2D eigenvalue weighted by Crippen LogP contribution is -2.22. The number of sulfone groups is 1. The Hall–Kier alpha value is -3.73. The smallest absolute Gasteiger partial charge is 0.287 e. The van der Waals surface area contributed by atoms with Crippen molar-refractivity contribution in [2.75, 3.05) is 0 Å². The number of carbonyl (C=O) groups excluding carboxylic acids is 1. The highest BCUT2D eigenvalue weighted by molar-refractivity contribution is 7.91. The van der Waals surface area contributed by atoms with Gasteiger partial charge in [0.15, 0.2) is 11.3 Å². The van der Waals surface area contributed by atoms with E-state index in [9.17, 15) is 22.0 Å². The third kappa shape index (κ3) is 4.33. The van der Waals surface area contributed by atoms with E-state index in [0.29, 0.717) is 18.2 Å². The summed E-state index contributed by atoms with van der Waals surface area (Å²) in [7, 11) is -4.09. The monoisotopic (exact) mass is 458 g/mol. The van der Waals surface area contributed by atoms with Gasteiger partial charge in [-0.25, -0.2) is 17.2 Å². The van der Waals surface area contributed by atoms with Crippen molar-refractivity contribution in [3.63, 3.8) is 0 Å². The summed E-state index contributed by atoms with van der Waals surface area (Å²) in [6.45, 7) is 0.681. The average molecular weight is 458 g/mol. The molecule has 32 heavy (non-hydrogen) atoms. The zero-order chi connectivity index (χ0) is 22.9. The number of fused-ring (bicyclic) bond motifs is 1. The van der Waals surface area contributed by atoms with Crippen molar-refractivity contribution in [2.45, 2.75) is 29.2 Å². The van der Waals surface area contributed by atoms with Crippen molar-refractivity contribution in [2.24, 2.45) is 0 Å². The van der Waals surface area contributed by atoms with E-state index in [1.165, 1.54) is 18.3 Å². The number of carbonyl (C=O) groups is 1. The first-order valence-electron chi connectivity index (χ1n) is 9.30. The van der Waals surface area contributed by atoms with Crippen molar-refractivity contribution >= 4 is 26.7 Å². The van der Waals surface area contributed by atoms with Crippen LogP contribution in [0.3, 0.4) is 0 Å². The van der Waals surface area contributed by atoms with Gasteiger partial charge in [-0.3, -0.25) is 19.7 Å². The number of furan rings is 1. The molecule has 0 unspecified atom stereocenters. The van der Waals surface area contributed by atoms with Crippen LogP contribution in [0.15, 0.2) is 75.5 Å². The summed E-state index contributed by atoms with van der Waals surface area (Å²) in [5.74, 6) is -3.59. The zero-order valence-corrected chi connectivity index (χ0v) is 17.4. The van der Waals surface area contributed by atoms with Crippen LogP contribution in [0.1, 0.15) is 28.7 Å². The fourth-order valence-electron chi connectivity index (χ4n) is 2.87. The van der Waals surface area contributed by atoms with E-state index < -0.39 is 27.2 Å². The predicted octanol–water partition coefficient (Wildman–Crippen LogP) is 3.49. The summed E-state index contributed by atoms with van der Waals surface area (Å²) >= 11 is 0. The lowest BCUT2D eigenvalue weighted by Gasteiger charge is -2.11. The molecule has 4 heterocycles. The van der Waals surface area contributed by atoms with Gasteiger partial charge in [-0.1, -0.05) is 0 Å². The first kappa shape index (κ1) is 21.5. The topological polar surface area (TPSA) is 115 Å². The number of nitrogens with one attached hydrogen (secondary N) is 1. The van der Waals surface area contributed by atoms with Gasteiger partial charge in [0.25, 0.3) is 11.8 Å². The maximum atomic E-state index is 13.5. The third-order valence-electron chi connectivity index (χ3n) is 4.62. The molecule has 0 aromatic carbocycles. The minimum absolute atomic E-state index is 0.0214. The van der Waals surface area contributed by atoms with E-state index >= 15 is 0 Å². The fraction of sp³-hybridized carbons (Fsp3) is 0.143. The fourth-order valence-corrected chi connectivity index (χ4v) is 4.06. The Morgan fingerprint density at radius 2 is 1.88 bits per heavy atom. The molecule has 1 amide bonds. The highest BCUT2D eigenvalue weighted by Crippen LogP contribution is 2.29. The molecular formula is C21H16F2N4O4S. The van der Waals surface area contributed by atoms with E-state index in [4.69, 9.17) is 4.42 Å². The minimum atomic E-state index is -4.09. The molecule has 1 N–H and O–H groups in total. The maximum absolute atomic E-state index is 13.5. The highest BCUT2D eigenvalue weighted by atomic mass is 32.2. The minimum Gasteiger partial charge on any atom is -0.449 e. The van der Waals surface area contributed by atoms with Crippen LogP contribution >= 0.6 is 0 Å². The van der Waals surface area contributed by atoms with Gasteiger partial charge >= 0.3 is 0 Å². The van der Waals surface area contributed by atoms with Gasteiger partial charge in [-0.15, -0.1) is 0 Å². The van der Waals surface area contributed by atoms with Crippen LogP contribution in [0.5, 0.6) is 0 Å². The van der Waals surface area contributed by atoms with Crippen molar-refractivity contribution in [1.82, 2.24) is 20.3 Å². The normalized spacial score (nSPS) is 12.1. The van der Waals surface area contributed by atoms with Crippen LogP contribution in [0, 0.1) is 0 Å². The van der Waals surface area contributed by atoms with E-state index in [1.807, 2.05) is 0 Å². The van der Waals surface area contributed by atoms with Gasteiger partial charge in [0, 0.05) is 42.7 Å². The van der Waals surface area contributed by atoms with Crippen molar-refractivity contribution in [1.29, 1.82) is 0 Å². The van der Waals surface area contributed by atoms with E-state index in [2.05, 4.69) is 20.3 Å². The molecule has 0 aliphatic heterocycles. The van der Waals surface area contributed by atoms with Gasteiger partial charge in [0.2, 0.25) is 9.84 Å². The molecule has 0 spiro atoms. The molecule has 0 radical (unpaired) electrons. The van der Waals surface area contributed by atoms with Crippen molar-refractivity contribution in [3.8, 4) is 0 Å². The number of hydrogen-bond acceptors (Lipinski definition) is 7. The summed E-state index contributed by atoms with van der Waals surface area (Å²) < 4.78 is 58.0. The Morgan fingerprint density at radius 3 is 2.56 bits per heavy atom.